The van der Waals surface area contributed by atoms with Crippen molar-refractivity contribution in [2.24, 2.45) is 0 Å². The second-order valence-electron chi connectivity index (χ2n) is 3.45. The summed E-state index contributed by atoms with van der Waals surface area (Å²) in [4.78, 5) is 10.2. The highest BCUT2D eigenvalue weighted by molar-refractivity contribution is 7.89. The molecule has 0 amide bonds. The standard InChI is InChI=1S/C9H17NO4S/c1-8(2)5-6-10-15(13,14)7-3-4-9(11)12/h5,10H,3-4,6-7H2,1-2H3,(H,11,12). The molecule has 0 radical (unpaired) electrons. The van der Waals surface area contributed by atoms with Gasteiger partial charge in [-0.1, -0.05) is 11.6 Å². The van der Waals surface area contributed by atoms with Gasteiger partial charge in [-0.25, -0.2) is 13.1 Å². The van der Waals surface area contributed by atoms with Crippen LogP contribution in [0.5, 0.6) is 0 Å². The van der Waals surface area contributed by atoms with Crippen LogP contribution in [0.15, 0.2) is 11.6 Å². The van der Waals surface area contributed by atoms with Crippen molar-refractivity contribution in [2.45, 2.75) is 26.7 Å². The summed E-state index contributed by atoms with van der Waals surface area (Å²) in [5.41, 5.74) is 1.03. The third kappa shape index (κ3) is 9.42. The first-order valence-corrected chi connectivity index (χ1v) is 6.31. The molecule has 0 aliphatic rings. The van der Waals surface area contributed by atoms with Crippen molar-refractivity contribution in [3.63, 3.8) is 0 Å². The molecule has 5 nitrogen and oxygen atoms in total. The van der Waals surface area contributed by atoms with Gasteiger partial charge in [0.05, 0.1) is 5.75 Å². The number of allylic oxidation sites excluding steroid dienone is 1. The summed E-state index contributed by atoms with van der Waals surface area (Å²) in [6.07, 6.45) is 1.78. The zero-order valence-electron chi connectivity index (χ0n) is 8.99. The Bertz CT molecular complexity index is 328. The number of nitrogens with one attached hydrogen (secondary N) is 1. The maximum atomic E-state index is 11.3. The molecule has 0 aliphatic carbocycles. The average Bonchev–Trinajstić information content (AvgIpc) is 2.01. The Morgan fingerprint density at radius 3 is 2.47 bits per heavy atom. The van der Waals surface area contributed by atoms with Gasteiger partial charge in [-0.05, 0) is 20.3 Å². The fraction of sp³-hybridized carbons (Fsp3) is 0.667. The molecular formula is C9H17NO4S. The summed E-state index contributed by atoms with van der Waals surface area (Å²) in [6, 6.07) is 0. The lowest BCUT2D eigenvalue weighted by Crippen LogP contribution is -2.26. The van der Waals surface area contributed by atoms with Gasteiger partial charge in [0.15, 0.2) is 0 Å². The molecule has 0 heterocycles. The van der Waals surface area contributed by atoms with Crippen LogP contribution in [-0.4, -0.2) is 31.8 Å². The quantitative estimate of drug-likeness (QED) is 0.637. The summed E-state index contributed by atoms with van der Waals surface area (Å²) >= 11 is 0. The molecule has 0 spiro atoms. The molecule has 0 aromatic carbocycles. The summed E-state index contributed by atoms with van der Waals surface area (Å²) in [5, 5.41) is 8.33. The maximum Gasteiger partial charge on any atom is 0.303 e. The minimum absolute atomic E-state index is 0.121. The van der Waals surface area contributed by atoms with E-state index in [0.717, 1.165) is 5.57 Å². The summed E-state index contributed by atoms with van der Waals surface area (Å²) in [5.74, 6) is -1.12. The molecule has 0 unspecified atom stereocenters. The van der Waals surface area contributed by atoms with E-state index >= 15 is 0 Å². The van der Waals surface area contributed by atoms with Crippen LogP contribution in [0.2, 0.25) is 0 Å². The largest absolute Gasteiger partial charge is 0.481 e. The monoisotopic (exact) mass is 235 g/mol. The van der Waals surface area contributed by atoms with Crippen LogP contribution in [0.1, 0.15) is 26.7 Å². The molecule has 0 atom stereocenters. The molecule has 2 N–H and O–H groups in total. The number of carboxylic acid groups (broad SMARTS) is 1. The van der Waals surface area contributed by atoms with Gasteiger partial charge in [-0.3, -0.25) is 4.79 Å². The molecule has 0 aliphatic heterocycles. The smallest absolute Gasteiger partial charge is 0.303 e. The van der Waals surface area contributed by atoms with Crippen molar-refractivity contribution in [1.82, 2.24) is 4.72 Å². The minimum Gasteiger partial charge on any atom is -0.481 e. The van der Waals surface area contributed by atoms with Gasteiger partial charge in [0.25, 0.3) is 0 Å². The van der Waals surface area contributed by atoms with Gasteiger partial charge < -0.3 is 5.11 Å². The second-order valence-corrected chi connectivity index (χ2v) is 5.37. The van der Waals surface area contributed by atoms with Gasteiger partial charge >= 0.3 is 5.97 Å². The molecule has 0 fully saturated rings. The number of aliphatic carboxylic acids is 1. The Balaban J connectivity index is 3.88. The lowest BCUT2D eigenvalue weighted by molar-refractivity contribution is -0.137. The fourth-order valence-corrected chi connectivity index (χ4v) is 1.86. The number of hydrogen-bond donors (Lipinski definition) is 2. The first-order valence-electron chi connectivity index (χ1n) is 4.66. The Labute approximate surface area is 90.2 Å². The number of carbonyl (C=O) groups is 1. The molecular weight excluding hydrogens is 218 g/mol. The SMILES string of the molecule is CC(C)=CCNS(=O)(=O)CCCC(=O)O. The lowest BCUT2D eigenvalue weighted by Gasteiger charge is -2.03. The van der Waals surface area contributed by atoms with Gasteiger partial charge in [-0.2, -0.15) is 0 Å². The van der Waals surface area contributed by atoms with Gasteiger partial charge in [-0.15, -0.1) is 0 Å². The Hall–Kier alpha value is -0.880. The molecule has 0 saturated carbocycles. The summed E-state index contributed by atoms with van der Waals surface area (Å²) < 4.78 is 24.9. The van der Waals surface area contributed by atoms with E-state index in [1.807, 2.05) is 13.8 Å². The summed E-state index contributed by atoms with van der Waals surface area (Å²) in [6.45, 7) is 4.01. The van der Waals surface area contributed by atoms with Crippen LogP contribution in [0.4, 0.5) is 0 Å². The Morgan fingerprint density at radius 1 is 1.40 bits per heavy atom. The van der Waals surface area contributed by atoms with Crippen LogP contribution >= 0.6 is 0 Å². The van der Waals surface area contributed by atoms with Crippen LogP contribution in [0, 0.1) is 0 Å². The normalized spacial score (nSPS) is 11.1. The van der Waals surface area contributed by atoms with E-state index in [9.17, 15) is 13.2 Å². The van der Waals surface area contributed by atoms with Crippen molar-refractivity contribution >= 4 is 16.0 Å². The van der Waals surface area contributed by atoms with Gasteiger partial charge in [0.1, 0.15) is 0 Å². The number of hydrogen-bond acceptors (Lipinski definition) is 3. The van der Waals surface area contributed by atoms with Crippen molar-refractivity contribution in [1.29, 1.82) is 0 Å². The predicted molar refractivity (Wildman–Crippen MR) is 58.1 cm³/mol. The highest BCUT2D eigenvalue weighted by Gasteiger charge is 2.09. The third-order valence-electron chi connectivity index (χ3n) is 1.62. The Kier molecular flexibility index (Phi) is 6.19. The molecule has 0 saturated heterocycles. The summed E-state index contributed by atoms with van der Waals surface area (Å²) in [7, 11) is -3.33. The van der Waals surface area contributed by atoms with Gasteiger partial charge in [0, 0.05) is 13.0 Å². The molecule has 0 rings (SSSR count). The van der Waals surface area contributed by atoms with Crippen LogP contribution in [0.3, 0.4) is 0 Å². The van der Waals surface area contributed by atoms with E-state index in [-0.39, 0.29) is 25.1 Å². The molecule has 0 aromatic rings. The molecule has 88 valence electrons. The zero-order chi connectivity index (χ0) is 11.9. The highest BCUT2D eigenvalue weighted by Crippen LogP contribution is 1.95. The second kappa shape index (κ2) is 6.58. The molecule has 0 aromatic heterocycles. The van der Waals surface area contributed by atoms with Crippen molar-refractivity contribution < 1.29 is 18.3 Å². The third-order valence-corrected chi connectivity index (χ3v) is 3.05. The van der Waals surface area contributed by atoms with E-state index < -0.39 is 16.0 Å². The van der Waals surface area contributed by atoms with Crippen molar-refractivity contribution in [3.8, 4) is 0 Å². The number of sulfonamides is 1. The lowest BCUT2D eigenvalue weighted by atomic mass is 10.3. The first-order chi connectivity index (χ1) is 6.83. The van der Waals surface area contributed by atoms with Crippen LogP contribution in [0.25, 0.3) is 0 Å². The maximum absolute atomic E-state index is 11.3. The van der Waals surface area contributed by atoms with Crippen LogP contribution < -0.4 is 4.72 Å². The zero-order valence-corrected chi connectivity index (χ0v) is 9.80. The number of rotatable bonds is 7. The van der Waals surface area contributed by atoms with E-state index in [1.54, 1.807) is 6.08 Å². The van der Waals surface area contributed by atoms with Crippen molar-refractivity contribution in [2.75, 3.05) is 12.3 Å². The van der Waals surface area contributed by atoms with Crippen molar-refractivity contribution in [3.05, 3.63) is 11.6 Å². The van der Waals surface area contributed by atoms with E-state index in [1.165, 1.54) is 0 Å². The van der Waals surface area contributed by atoms with E-state index in [4.69, 9.17) is 5.11 Å². The van der Waals surface area contributed by atoms with Crippen LogP contribution in [-0.2, 0) is 14.8 Å². The fourth-order valence-electron chi connectivity index (χ4n) is 0.858. The molecule has 15 heavy (non-hydrogen) atoms. The topological polar surface area (TPSA) is 83.5 Å². The van der Waals surface area contributed by atoms with E-state index in [0.29, 0.717) is 0 Å². The Morgan fingerprint density at radius 2 is 2.00 bits per heavy atom. The number of carboxylic acids is 1. The van der Waals surface area contributed by atoms with Gasteiger partial charge in [0.2, 0.25) is 10.0 Å². The predicted octanol–water partition coefficient (Wildman–Crippen LogP) is 0.737. The average molecular weight is 235 g/mol. The first kappa shape index (κ1) is 14.1. The molecule has 0 bridgehead atoms. The molecule has 6 heteroatoms. The van der Waals surface area contributed by atoms with E-state index in [2.05, 4.69) is 4.72 Å². The minimum atomic E-state index is -3.33. The highest BCUT2D eigenvalue weighted by atomic mass is 32.2.